The number of halogens is 2. The molecule has 0 N–H and O–H groups in total. The molecule has 2 rings (SSSR count). The third-order valence-corrected chi connectivity index (χ3v) is 10.7. The van der Waals surface area contributed by atoms with Gasteiger partial charge < -0.3 is 24.8 Å². The molecular weight excluding hydrogens is 415 g/mol. The van der Waals surface area contributed by atoms with Gasteiger partial charge in [0.15, 0.2) is 0 Å². The Bertz CT molecular complexity index is 633. The first-order valence-corrected chi connectivity index (χ1v) is 12.8. The Morgan fingerprint density at radius 1 is 1.04 bits per heavy atom. The van der Waals surface area contributed by atoms with Gasteiger partial charge in [0.05, 0.1) is 0 Å². The van der Waals surface area contributed by atoms with E-state index in [1.54, 1.807) is 5.20 Å². The van der Waals surface area contributed by atoms with Crippen molar-refractivity contribution >= 4 is 8.07 Å². The summed E-state index contributed by atoms with van der Waals surface area (Å²) in [6.07, 6.45) is 13.7. The summed E-state index contributed by atoms with van der Waals surface area (Å²) in [6, 6.07) is 0. The Morgan fingerprint density at radius 3 is 2.04 bits per heavy atom. The van der Waals surface area contributed by atoms with E-state index in [0.717, 1.165) is 12.8 Å². The number of hydrogen-bond acceptors (Lipinski definition) is 1. The van der Waals surface area contributed by atoms with Crippen LogP contribution in [0, 0.1) is 5.41 Å². The molecule has 0 aromatic rings. The van der Waals surface area contributed by atoms with Gasteiger partial charge in [0.2, 0.25) is 0 Å². The zero-order valence-electron chi connectivity index (χ0n) is 17.5. The monoisotopic (exact) mass is 447 g/mol. The number of hydrogen-bond donors (Lipinski definition) is 0. The Balaban J connectivity index is 0.00000312. The topological polar surface area (TPSA) is 9.23 Å². The molecule has 0 heterocycles. The first-order valence-electron chi connectivity index (χ1n) is 9.01. The second-order valence-corrected chi connectivity index (χ2v) is 15.2. The fourth-order valence-corrected chi connectivity index (χ4v) is 10.1. The van der Waals surface area contributed by atoms with Gasteiger partial charge in [-0.05, 0) is 0 Å². The molecule has 0 saturated carbocycles. The zero-order chi connectivity index (χ0) is 18.4. The van der Waals surface area contributed by atoms with Gasteiger partial charge in [-0.3, -0.25) is 0 Å². The van der Waals surface area contributed by atoms with E-state index in [4.69, 9.17) is 4.74 Å². The summed E-state index contributed by atoms with van der Waals surface area (Å²) < 4.78 is 8.54. The van der Waals surface area contributed by atoms with Gasteiger partial charge in [-0.1, -0.05) is 0 Å². The van der Waals surface area contributed by atoms with Gasteiger partial charge in [-0.25, -0.2) is 0 Å². The van der Waals surface area contributed by atoms with Crippen molar-refractivity contribution in [2.45, 2.75) is 78.3 Å². The molecule has 2 aliphatic carbocycles. The maximum Gasteiger partial charge on any atom is -1.00 e. The zero-order valence-corrected chi connectivity index (χ0v) is 21.5. The fourth-order valence-electron chi connectivity index (χ4n) is 4.15. The van der Waals surface area contributed by atoms with E-state index < -0.39 is 8.07 Å². The molecule has 0 saturated heterocycles. The summed E-state index contributed by atoms with van der Waals surface area (Å²) in [6.45, 7) is 18.6. The summed E-state index contributed by atoms with van der Waals surface area (Å²) in [5.41, 5.74) is 1.39. The van der Waals surface area contributed by atoms with Crippen LogP contribution in [0.4, 0.5) is 0 Å². The van der Waals surface area contributed by atoms with Crippen LogP contribution in [-0.2, 0) is 25.2 Å². The van der Waals surface area contributed by atoms with Crippen molar-refractivity contribution in [2.24, 2.45) is 5.41 Å². The summed E-state index contributed by atoms with van der Waals surface area (Å²) in [4.78, 5) is 0. The SMILES string of the molecule is CC(C)(C)OC1([Si](C)(C)C2=[C]([Ti+2])CC=C2)CC=CC=C1C(C)(C)C.[Cl-].[Cl-]. The minimum Gasteiger partial charge on any atom is -1.00 e. The first kappa shape index (κ1) is 26.4. The Labute approximate surface area is 186 Å². The number of allylic oxidation sites excluding steroid dienone is 6. The second-order valence-electron chi connectivity index (χ2n) is 9.63. The van der Waals surface area contributed by atoms with E-state index in [1.165, 1.54) is 9.45 Å². The molecule has 26 heavy (non-hydrogen) atoms. The Hall–Kier alpha value is 0.431. The largest absolute Gasteiger partial charge is 1.00 e. The van der Waals surface area contributed by atoms with Crippen molar-refractivity contribution in [3.63, 3.8) is 0 Å². The average molecular weight is 448 g/mol. The van der Waals surface area contributed by atoms with Gasteiger partial charge in [0.25, 0.3) is 0 Å². The van der Waals surface area contributed by atoms with Crippen molar-refractivity contribution in [3.8, 4) is 0 Å². The molecule has 0 fully saturated rings. The standard InChI is InChI=1S/C21H33OSi.2ClH.Ti/c1-19(2,3)18-15-11-12-16-21(18,22-20(4,5)6)23(7,8)17-13-9-10-14-17;;;/h9,11-13,15H,10,16H2,1-8H3;2*1H;/q;;;+2/p-2. The third kappa shape index (κ3) is 5.07. The predicted octanol–water partition coefficient (Wildman–Crippen LogP) is 0.0283. The summed E-state index contributed by atoms with van der Waals surface area (Å²) in [5.74, 6) is 0. The molecule has 0 aromatic carbocycles. The fraction of sp³-hybridized carbons (Fsp3) is 0.619. The van der Waals surface area contributed by atoms with E-state index in [9.17, 15) is 0 Å². The molecule has 1 unspecified atom stereocenters. The molecule has 0 aliphatic heterocycles. The molecule has 0 bridgehead atoms. The first-order chi connectivity index (χ1) is 10.8. The third-order valence-electron chi connectivity index (χ3n) is 5.14. The molecule has 145 valence electrons. The van der Waals surface area contributed by atoms with Crippen molar-refractivity contribution in [2.75, 3.05) is 0 Å². The van der Waals surface area contributed by atoms with Crippen molar-refractivity contribution in [3.05, 3.63) is 45.0 Å². The van der Waals surface area contributed by atoms with Crippen molar-refractivity contribution < 1.29 is 50.0 Å². The molecule has 0 spiro atoms. The van der Waals surface area contributed by atoms with Crippen LogP contribution < -0.4 is 24.8 Å². The van der Waals surface area contributed by atoms with Crippen LogP contribution in [0.15, 0.2) is 45.0 Å². The van der Waals surface area contributed by atoms with Crippen molar-refractivity contribution in [1.82, 2.24) is 0 Å². The molecule has 0 radical (unpaired) electrons. The van der Waals surface area contributed by atoms with E-state index in [1.807, 2.05) is 0 Å². The second kappa shape index (κ2) is 8.84. The molecule has 1 atom stereocenters. The maximum absolute atomic E-state index is 7.01. The Kier molecular flexibility index (Phi) is 8.99. The number of rotatable bonds is 3. The van der Waals surface area contributed by atoms with Crippen LogP contribution in [0.3, 0.4) is 0 Å². The van der Waals surface area contributed by atoms with Gasteiger partial charge in [0, 0.05) is 0 Å². The van der Waals surface area contributed by atoms with E-state index >= 15 is 0 Å². The van der Waals surface area contributed by atoms with E-state index in [-0.39, 0.29) is 41.1 Å². The molecule has 5 heteroatoms. The van der Waals surface area contributed by atoms with E-state index in [2.05, 4.69) is 105 Å². The average Bonchev–Trinajstić information content (AvgIpc) is 2.82. The van der Waals surface area contributed by atoms with Crippen LogP contribution in [0.1, 0.15) is 54.4 Å². The van der Waals surface area contributed by atoms with Crippen LogP contribution in [-0.4, -0.2) is 18.9 Å². The minimum absolute atomic E-state index is 0. The Morgan fingerprint density at radius 2 is 1.62 bits per heavy atom. The predicted molar refractivity (Wildman–Crippen MR) is 103 cm³/mol. The van der Waals surface area contributed by atoms with Gasteiger partial charge in [0.1, 0.15) is 0 Å². The quantitative estimate of drug-likeness (QED) is 0.554. The van der Waals surface area contributed by atoms with Gasteiger partial charge in [-0.2, -0.15) is 0 Å². The summed E-state index contributed by atoms with van der Waals surface area (Å²) >= 11 is 2.30. The van der Waals surface area contributed by atoms with Crippen LogP contribution in [0.5, 0.6) is 0 Å². The summed E-state index contributed by atoms with van der Waals surface area (Å²) in [5, 5.41) is 1.39. The van der Waals surface area contributed by atoms with Gasteiger partial charge >= 0.3 is 162 Å². The molecule has 0 amide bonds. The minimum atomic E-state index is -1.91. The van der Waals surface area contributed by atoms with Crippen LogP contribution in [0.25, 0.3) is 0 Å². The normalized spacial score (nSPS) is 23.5. The smallest absolute Gasteiger partial charge is 1.00 e. The maximum atomic E-state index is 7.01. The van der Waals surface area contributed by atoms with Gasteiger partial charge in [-0.15, -0.1) is 0 Å². The summed E-state index contributed by atoms with van der Waals surface area (Å²) in [7, 11) is -1.91. The molecule has 1 nitrogen and oxygen atoms in total. The van der Waals surface area contributed by atoms with Crippen LogP contribution >= 0.6 is 0 Å². The van der Waals surface area contributed by atoms with Crippen molar-refractivity contribution in [1.29, 1.82) is 0 Å². The molecule has 2 aliphatic rings. The number of ether oxygens (including phenoxy) is 1. The molecular formula is C21H33Cl2OSiTi. The van der Waals surface area contributed by atoms with E-state index in [0.29, 0.717) is 0 Å². The van der Waals surface area contributed by atoms with Crippen LogP contribution in [0.2, 0.25) is 13.1 Å². The molecule has 0 aromatic heterocycles.